The monoisotopic (exact) mass is 172 g/mol. The fourth-order valence-corrected chi connectivity index (χ4v) is 1.83. The first-order valence-corrected chi connectivity index (χ1v) is 5.18. The highest BCUT2D eigenvalue weighted by molar-refractivity contribution is 4.74. The molecule has 1 heteroatoms. The lowest BCUT2D eigenvalue weighted by molar-refractivity contribution is 0.104. The Balaban J connectivity index is 3.94. The molecule has 0 saturated heterocycles. The molecule has 0 aromatic carbocycles. The van der Waals surface area contributed by atoms with Crippen molar-refractivity contribution in [3.05, 3.63) is 0 Å². The van der Waals surface area contributed by atoms with Gasteiger partial charge in [0, 0.05) is 6.61 Å². The zero-order valence-electron chi connectivity index (χ0n) is 9.06. The Morgan fingerprint density at radius 3 is 2.25 bits per heavy atom. The second-order valence-electron chi connectivity index (χ2n) is 4.44. The molecule has 2 unspecified atom stereocenters. The molecule has 0 bridgehead atoms. The molecule has 0 radical (unpaired) electrons. The molecule has 1 N–H and O–H groups in total. The van der Waals surface area contributed by atoms with Gasteiger partial charge in [-0.1, -0.05) is 40.5 Å². The third-order valence-corrected chi connectivity index (χ3v) is 2.77. The van der Waals surface area contributed by atoms with E-state index in [4.69, 9.17) is 0 Å². The van der Waals surface area contributed by atoms with E-state index in [1.807, 2.05) is 0 Å². The van der Waals surface area contributed by atoms with Gasteiger partial charge < -0.3 is 5.11 Å². The van der Waals surface area contributed by atoms with E-state index >= 15 is 0 Å². The fraction of sp³-hybridized carbons (Fsp3) is 1.00. The topological polar surface area (TPSA) is 20.2 Å². The quantitative estimate of drug-likeness (QED) is 0.652. The maximum absolute atomic E-state index is 9.26. The van der Waals surface area contributed by atoms with Crippen LogP contribution in [0.3, 0.4) is 0 Å². The van der Waals surface area contributed by atoms with Crippen molar-refractivity contribution < 1.29 is 5.11 Å². The largest absolute Gasteiger partial charge is 0.396 e. The van der Waals surface area contributed by atoms with E-state index in [1.54, 1.807) is 0 Å². The molecule has 0 aromatic heterocycles. The minimum atomic E-state index is 0.171. The summed E-state index contributed by atoms with van der Waals surface area (Å²) in [5.41, 5.74) is 0.171. The van der Waals surface area contributed by atoms with Crippen LogP contribution < -0.4 is 0 Å². The van der Waals surface area contributed by atoms with Crippen molar-refractivity contribution in [3.8, 4) is 0 Å². The van der Waals surface area contributed by atoms with E-state index in [2.05, 4.69) is 27.7 Å². The van der Waals surface area contributed by atoms with Gasteiger partial charge in [-0.2, -0.15) is 0 Å². The molecule has 2 atom stereocenters. The molecule has 0 aliphatic rings. The van der Waals surface area contributed by atoms with Crippen LogP contribution >= 0.6 is 0 Å². The van der Waals surface area contributed by atoms with Gasteiger partial charge in [0.05, 0.1) is 0 Å². The van der Waals surface area contributed by atoms with E-state index in [1.165, 1.54) is 12.8 Å². The Morgan fingerprint density at radius 1 is 1.33 bits per heavy atom. The third-order valence-electron chi connectivity index (χ3n) is 2.77. The number of hydrogen-bond donors (Lipinski definition) is 1. The third kappa shape index (κ3) is 4.10. The average molecular weight is 172 g/mol. The lowest BCUT2D eigenvalue weighted by Crippen LogP contribution is -2.23. The molecule has 0 saturated carbocycles. The predicted molar refractivity (Wildman–Crippen MR) is 54.2 cm³/mol. The van der Waals surface area contributed by atoms with Crippen molar-refractivity contribution >= 4 is 0 Å². The van der Waals surface area contributed by atoms with Gasteiger partial charge in [-0.15, -0.1) is 0 Å². The summed E-state index contributed by atoms with van der Waals surface area (Å²) >= 11 is 0. The molecule has 0 spiro atoms. The zero-order valence-corrected chi connectivity index (χ0v) is 9.06. The van der Waals surface area contributed by atoms with Crippen molar-refractivity contribution in [2.45, 2.75) is 53.4 Å². The first kappa shape index (κ1) is 12.0. The van der Waals surface area contributed by atoms with Crippen molar-refractivity contribution in [2.24, 2.45) is 11.3 Å². The van der Waals surface area contributed by atoms with Crippen LogP contribution in [0.5, 0.6) is 0 Å². The van der Waals surface area contributed by atoms with Crippen molar-refractivity contribution in [1.82, 2.24) is 0 Å². The van der Waals surface area contributed by atoms with Crippen LogP contribution in [0.15, 0.2) is 0 Å². The number of aliphatic hydroxyl groups is 1. The van der Waals surface area contributed by atoms with Gasteiger partial charge in [-0.3, -0.25) is 0 Å². The van der Waals surface area contributed by atoms with E-state index < -0.39 is 0 Å². The van der Waals surface area contributed by atoms with E-state index in [0.717, 1.165) is 18.8 Å². The molecule has 0 amide bonds. The molecular weight excluding hydrogens is 148 g/mol. The Morgan fingerprint density at radius 2 is 1.92 bits per heavy atom. The summed E-state index contributed by atoms with van der Waals surface area (Å²) in [5.74, 6) is 0.744. The molecule has 0 aliphatic carbocycles. The molecule has 12 heavy (non-hydrogen) atoms. The molecule has 0 heterocycles. The molecule has 0 aromatic rings. The molecule has 0 aliphatic heterocycles. The maximum atomic E-state index is 9.26. The standard InChI is InChI=1S/C11H24O/c1-5-7-11(4,9-12)8-10(3)6-2/h10,12H,5-9H2,1-4H3. The smallest absolute Gasteiger partial charge is 0.0484 e. The lowest BCUT2D eigenvalue weighted by atomic mass is 9.78. The van der Waals surface area contributed by atoms with E-state index in [-0.39, 0.29) is 5.41 Å². The molecule has 0 rings (SSSR count). The van der Waals surface area contributed by atoms with E-state index in [9.17, 15) is 5.11 Å². The molecule has 1 nitrogen and oxygen atoms in total. The highest BCUT2D eigenvalue weighted by Gasteiger charge is 2.23. The summed E-state index contributed by atoms with van der Waals surface area (Å²) in [6.07, 6.45) is 4.70. The zero-order chi connectivity index (χ0) is 9.61. The van der Waals surface area contributed by atoms with Crippen LogP contribution in [0.4, 0.5) is 0 Å². The molecule has 0 fully saturated rings. The predicted octanol–water partition coefficient (Wildman–Crippen LogP) is 3.22. The van der Waals surface area contributed by atoms with Crippen LogP contribution in [0, 0.1) is 11.3 Å². The Kier molecular flexibility index (Phi) is 5.56. The van der Waals surface area contributed by atoms with Crippen LogP contribution in [-0.2, 0) is 0 Å². The fourth-order valence-electron chi connectivity index (χ4n) is 1.83. The Bertz CT molecular complexity index is 112. The number of rotatable bonds is 6. The highest BCUT2D eigenvalue weighted by Crippen LogP contribution is 2.31. The van der Waals surface area contributed by atoms with Crippen LogP contribution in [0.25, 0.3) is 0 Å². The Labute approximate surface area is 77.2 Å². The minimum absolute atomic E-state index is 0.171. The van der Waals surface area contributed by atoms with Gasteiger partial charge in [0.1, 0.15) is 0 Å². The average Bonchev–Trinajstić information content (AvgIpc) is 2.05. The summed E-state index contributed by atoms with van der Waals surface area (Å²) in [4.78, 5) is 0. The highest BCUT2D eigenvalue weighted by atomic mass is 16.3. The Hall–Kier alpha value is -0.0400. The lowest BCUT2D eigenvalue weighted by Gasteiger charge is -2.29. The molecule has 74 valence electrons. The van der Waals surface area contributed by atoms with Crippen LogP contribution in [0.2, 0.25) is 0 Å². The summed E-state index contributed by atoms with van der Waals surface area (Å²) in [6.45, 7) is 9.20. The summed E-state index contributed by atoms with van der Waals surface area (Å²) < 4.78 is 0. The van der Waals surface area contributed by atoms with Gasteiger partial charge in [0.2, 0.25) is 0 Å². The van der Waals surface area contributed by atoms with Gasteiger partial charge in [-0.25, -0.2) is 0 Å². The van der Waals surface area contributed by atoms with Gasteiger partial charge in [0.25, 0.3) is 0 Å². The van der Waals surface area contributed by atoms with Gasteiger partial charge >= 0.3 is 0 Å². The number of aliphatic hydroxyl groups excluding tert-OH is 1. The number of hydrogen-bond acceptors (Lipinski definition) is 1. The summed E-state index contributed by atoms with van der Waals surface area (Å²) in [7, 11) is 0. The second-order valence-corrected chi connectivity index (χ2v) is 4.44. The summed E-state index contributed by atoms with van der Waals surface area (Å²) in [6, 6.07) is 0. The molecular formula is C11H24O. The first-order chi connectivity index (χ1) is 5.58. The van der Waals surface area contributed by atoms with Crippen molar-refractivity contribution in [2.75, 3.05) is 6.61 Å². The van der Waals surface area contributed by atoms with Crippen molar-refractivity contribution in [3.63, 3.8) is 0 Å². The minimum Gasteiger partial charge on any atom is -0.396 e. The van der Waals surface area contributed by atoms with Crippen LogP contribution in [0.1, 0.15) is 53.4 Å². The normalized spacial score (nSPS) is 18.8. The first-order valence-electron chi connectivity index (χ1n) is 5.18. The van der Waals surface area contributed by atoms with E-state index in [0.29, 0.717) is 6.61 Å². The van der Waals surface area contributed by atoms with Gasteiger partial charge in [-0.05, 0) is 24.2 Å². The maximum Gasteiger partial charge on any atom is 0.0484 e. The SMILES string of the molecule is CCCC(C)(CO)CC(C)CC. The summed E-state index contributed by atoms with van der Waals surface area (Å²) in [5, 5.41) is 9.26. The van der Waals surface area contributed by atoms with Crippen molar-refractivity contribution in [1.29, 1.82) is 0 Å². The van der Waals surface area contributed by atoms with Crippen LogP contribution in [-0.4, -0.2) is 11.7 Å². The second kappa shape index (κ2) is 5.58. The van der Waals surface area contributed by atoms with Gasteiger partial charge in [0.15, 0.2) is 0 Å².